The summed E-state index contributed by atoms with van der Waals surface area (Å²) in [6.45, 7) is 3.71. The van der Waals surface area contributed by atoms with E-state index in [2.05, 4.69) is 6.92 Å². The third-order valence-corrected chi connectivity index (χ3v) is 5.28. The Morgan fingerprint density at radius 1 is 1.24 bits per heavy atom. The summed E-state index contributed by atoms with van der Waals surface area (Å²) < 4.78 is 39.3. The lowest BCUT2D eigenvalue weighted by Gasteiger charge is -2.42. The lowest BCUT2D eigenvalue weighted by atomic mass is 9.76. The van der Waals surface area contributed by atoms with Crippen LogP contribution < -0.4 is 5.73 Å². The first kappa shape index (κ1) is 16.6. The van der Waals surface area contributed by atoms with Gasteiger partial charge in [-0.3, -0.25) is 4.79 Å². The minimum atomic E-state index is -4.26. The van der Waals surface area contributed by atoms with Gasteiger partial charge in [-0.1, -0.05) is 19.8 Å². The van der Waals surface area contributed by atoms with Gasteiger partial charge >= 0.3 is 6.18 Å². The topological polar surface area (TPSA) is 46.3 Å². The van der Waals surface area contributed by atoms with Gasteiger partial charge < -0.3 is 10.6 Å². The zero-order chi connectivity index (χ0) is 15.7. The Morgan fingerprint density at radius 3 is 2.33 bits per heavy atom. The van der Waals surface area contributed by atoms with Gasteiger partial charge in [0.05, 0.1) is 5.92 Å². The molecule has 0 aromatic carbocycles. The number of alkyl halides is 3. The molecule has 6 heteroatoms. The number of carbonyl (C=O) groups excluding carboxylic acids is 1. The van der Waals surface area contributed by atoms with Gasteiger partial charge in [0.25, 0.3) is 0 Å². The maximum absolute atomic E-state index is 13.1. The van der Waals surface area contributed by atoms with E-state index in [4.69, 9.17) is 5.73 Å². The van der Waals surface area contributed by atoms with Crippen molar-refractivity contribution in [1.29, 1.82) is 0 Å². The quantitative estimate of drug-likeness (QED) is 0.852. The summed E-state index contributed by atoms with van der Waals surface area (Å²) in [6, 6.07) is 0. The highest BCUT2D eigenvalue weighted by Gasteiger charge is 2.49. The third kappa shape index (κ3) is 3.71. The molecule has 2 N–H and O–H groups in total. The number of halogens is 3. The zero-order valence-electron chi connectivity index (χ0n) is 12.6. The fraction of sp³-hybridized carbons (Fsp3) is 0.933. The molecule has 1 saturated carbocycles. The lowest BCUT2D eigenvalue weighted by molar-refractivity contribution is -0.201. The SMILES string of the molecule is CC1(CN)CCN(C(=O)C2CCCCC2C(F)(F)F)CC1. The maximum Gasteiger partial charge on any atom is 0.392 e. The Hall–Kier alpha value is -0.780. The first-order chi connectivity index (χ1) is 9.77. The standard InChI is InChI=1S/C15H25F3N2O/c1-14(10-19)6-8-20(9-7-14)13(21)11-4-2-3-5-12(11)15(16,17)18/h11-12H,2-10,19H2,1H3. The van der Waals surface area contributed by atoms with E-state index in [0.717, 1.165) is 19.3 Å². The molecule has 122 valence electrons. The Balaban J connectivity index is 2.02. The van der Waals surface area contributed by atoms with Crippen molar-refractivity contribution >= 4 is 5.91 Å². The van der Waals surface area contributed by atoms with Crippen molar-refractivity contribution in [1.82, 2.24) is 4.90 Å². The van der Waals surface area contributed by atoms with Crippen LogP contribution in [0.3, 0.4) is 0 Å². The predicted octanol–water partition coefficient (Wildman–Crippen LogP) is 2.94. The Labute approximate surface area is 124 Å². The average molecular weight is 306 g/mol. The highest BCUT2D eigenvalue weighted by molar-refractivity contribution is 5.79. The van der Waals surface area contributed by atoms with Crippen LogP contribution in [-0.4, -0.2) is 36.6 Å². The van der Waals surface area contributed by atoms with E-state index in [9.17, 15) is 18.0 Å². The summed E-state index contributed by atoms with van der Waals surface area (Å²) in [5, 5.41) is 0. The molecule has 1 aliphatic carbocycles. The number of rotatable bonds is 2. The number of hydrogen-bond donors (Lipinski definition) is 1. The fourth-order valence-electron chi connectivity index (χ4n) is 3.52. The lowest BCUT2D eigenvalue weighted by Crippen LogP contribution is -2.49. The number of amides is 1. The van der Waals surface area contributed by atoms with Gasteiger partial charge in [0, 0.05) is 19.0 Å². The monoisotopic (exact) mass is 306 g/mol. The largest absolute Gasteiger partial charge is 0.392 e. The van der Waals surface area contributed by atoms with Crippen LogP contribution in [0.1, 0.15) is 45.4 Å². The van der Waals surface area contributed by atoms with Crippen molar-refractivity contribution in [2.45, 2.75) is 51.6 Å². The van der Waals surface area contributed by atoms with Crippen LogP contribution >= 0.6 is 0 Å². The highest BCUT2D eigenvalue weighted by Crippen LogP contribution is 2.42. The molecule has 2 fully saturated rings. The maximum atomic E-state index is 13.1. The molecule has 0 bridgehead atoms. The molecular formula is C15H25F3N2O. The Kier molecular flexibility index (Phi) is 4.85. The smallest absolute Gasteiger partial charge is 0.342 e. The molecule has 2 aliphatic rings. The van der Waals surface area contributed by atoms with Crippen LogP contribution in [0.15, 0.2) is 0 Å². The first-order valence-corrected chi connectivity index (χ1v) is 7.82. The van der Waals surface area contributed by atoms with Gasteiger partial charge in [0.2, 0.25) is 5.91 Å². The van der Waals surface area contributed by atoms with Crippen LogP contribution in [0.2, 0.25) is 0 Å². The minimum Gasteiger partial charge on any atom is -0.342 e. The van der Waals surface area contributed by atoms with E-state index in [1.54, 1.807) is 4.90 Å². The number of nitrogens with zero attached hydrogens (tertiary/aromatic N) is 1. The van der Waals surface area contributed by atoms with Gasteiger partial charge in [-0.25, -0.2) is 0 Å². The van der Waals surface area contributed by atoms with E-state index >= 15 is 0 Å². The number of nitrogens with two attached hydrogens (primary N) is 1. The summed E-state index contributed by atoms with van der Waals surface area (Å²) in [5.74, 6) is -2.63. The van der Waals surface area contributed by atoms with Crippen LogP contribution in [0.4, 0.5) is 13.2 Å². The zero-order valence-corrected chi connectivity index (χ0v) is 12.6. The molecule has 0 radical (unpaired) electrons. The fourth-order valence-corrected chi connectivity index (χ4v) is 3.52. The molecule has 2 rings (SSSR count). The Morgan fingerprint density at radius 2 is 1.81 bits per heavy atom. The van der Waals surface area contributed by atoms with Gasteiger partial charge in [-0.2, -0.15) is 13.2 Å². The molecule has 0 aromatic heterocycles. The first-order valence-electron chi connectivity index (χ1n) is 7.82. The predicted molar refractivity (Wildman–Crippen MR) is 74.5 cm³/mol. The Bertz CT molecular complexity index is 376. The number of piperidine rings is 1. The second kappa shape index (κ2) is 6.15. The van der Waals surface area contributed by atoms with E-state index in [1.807, 2.05) is 0 Å². The second-order valence-corrected chi connectivity index (χ2v) is 6.88. The van der Waals surface area contributed by atoms with Gasteiger partial charge in [-0.15, -0.1) is 0 Å². The van der Waals surface area contributed by atoms with Crippen LogP contribution in [0, 0.1) is 17.3 Å². The third-order valence-electron chi connectivity index (χ3n) is 5.28. The summed E-state index contributed by atoms with van der Waals surface area (Å²) >= 11 is 0. The molecular weight excluding hydrogens is 281 g/mol. The van der Waals surface area contributed by atoms with Crippen molar-refractivity contribution < 1.29 is 18.0 Å². The van der Waals surface area contributed by atoms with Crippen molar-refractivity contribution in [3.8, 4) is 0 Å². The summed E-state index contributed by atoms with van der Waals surface area (Å²) in [5.41, 5.74) is 5.75. The van der Waals surface area contributed by atoms with Gasteiger partial charge in [-0.05, 0) is 37.6 Å². The molecule has 1 aliphatic heterocycles. The highest BCUT2D eigenvalue weighted by atomic mass is 19.4. The molecule has 2 unspecified atom stereocenters. The van der Waals surface area contributed by atoms with Crippen LogP contribution in [0.25, 0.3) is 0 Å². The van der Waals surface area contributed by atoms with Crippen molar-refractivity contribution in [2.24, 2.45) is 23.0 Å². The molecule has 21 heavy (non-hydrogen) atoms. The minimum absolute atomic E-state index is 0.0206. The number of hydrogen-bond acceptors (Lipinski definition) is 2. The van der Waals surface area contributed by atoms with Gasteiger partial charge in [0.1, 0.15) is 0 Å². The van der Waals surface area contributed by atoms with Crippen molar-refractivity contribution in [3.63, 3.8) is 0 Å². The van der Waals surface area contributed by atoms with Crippen molar-refractivity contribution in [3.05, 3.63) is 0 Å². The normalized spacial score (nSPS) is 30.2. The summed E-state index contributed by atoms with van der Waals surface area (Å²) in [7, 11) is 0. The number of likely N-dealkylation sites (tertiary alicyclic amines) is 1. The molecule has 0 spiro atoms. The summed E-state index contributed by atoms with van der Waals surface area (Å²) in [6.07, 6.45) is -0.960. The van der Waals surface area contributed by atoms with Crippen LogP contribution in [-0.2, 0) is 4.79 Å². The van der Waals surface area contributed by atoms with Crippen molar-refractivity contribution in [2.75, 3.05) is 19.6 Å². The summed E-state index contributed by atoms with van der Waals surface area (Å²) in [4.78, 5) is 14.1. The van der Waals surface area contributed by atoms with E-state index < -0.39 is 18.0 Å². The average Bonchev–Trinajstić information content (AvgIpc) is 2.46. The molecule has 1 saturated heterocycles. The second-order valence-electron chi connectivity index (χ2n) is 6.88. The van der Waals surface area contributed by atoms with Gasteiger partial charge in [0.15, 0.2) is 0 Å². The van der Waals surface area contributed by atoms with E-state index in [0.29, 0.717) is 32.5 Å². The van der Waals surface area contributed by atoms with Crippen LogP contribution in [0.5, 0.6) is 0 Å². The molecule has 2 atom stereocenters. The molecule has 0 aromatic rings. The van der Waals surface area contributed by atoms with E-state index in [1.165, 1.54) is 0 Å². The number of carbonyl (C=O) groups is 1. The molecule has 3 nitrogen and oxygen atoms in total. The van der Waals surface area contributed by atoms with E-state index in [-0.39, 0.29) is 17.7 Å². The molecule has 1 heterocycles. The molecule has 1 amide bonds.